The standard InChI is InChI=1S/C17H16BrIN2O3/c1-3-24-16-6-4-11(8-14(16)19)10-20-21-17(22)13-9-12(18)5-7-15(13)23-2/h4-10H,3H2,1-2H3,(H,21,22)/b20-10-. The van der Waals surface area contributed by atoms with Crippen molar-refractivity contribution in [3.8, 4) is 11.5 Å². The van der Waals surface area contributed by atoms with Gasteiger partial charge < -0.3 is 9.47 Å². The quantitative estimate of drug-likeness (QED) is 0.365. The number of halogens is 2. The van der Waals surface area contributed by atoms with Gasteiger partial charge in [0.15, 0.2) is 0 Å². The van der Waals surface area contributed by atoms with Crippen LogP contribution in [0.25, 0.3) is 0 Å². The molecule has 0 saturated heterocycles. The Morgan fingerprint density at radius 1 is 1.29 bits per heavy atom. The topological polar surface area (TPSA) is 59.9 Å². The number of rotatable bonds is 6. The molecule has 2 rings (SSSR count). The molecule has 2 aromatic rings. The monoisotopic (exact) mass is 502 g/mol. The maximum absolute atomic E-state index is 12.2. The van der Waals surface area contributed by atoms with E-state index in [4.69, 9.17) is 9.47 Å². The Morgan fingerprint density at radius 2 is 2.04 bits per heavy atom. The molecule has 0 aliphatic heterocycles. The van der Waals surface area contributed by atoms with E-state index in [9.17, 15) is 4.79 Å². The van der Waals surface area contributed by atoms with E-state index in [0.29, 0.717) is 17.9 Å². The van der Waals surface area contributed by atoms with E-state index < -0.39 is 0 Å². The molecule has 0 aromatic heterocycles. The highest BCUT2D eigenvalue weighted by Crippen LogP contribution is 2.23. The third kappa shape index (κ3) is 4.94. The predicted molar refractivity (Wildman–Crippen MR) is 106 cm³/mol. The van der Waals surface area contributed by atoms with Crippen LogP contribution in [-0.2, 0) is 0 Å². The van der Waals surface area contributed by atoms with Crippen molar-refractivity contribution in [2.45, 2.75) is 6.92 Å². The van der Waals surface area contributed by atoms with Gasteiger partial charge >= 0.3 is 0 Å². The van der Waals surface area contributed by atoms with Crippen molar-refractivity contribution in [2.24, 2.45) is 5.10 Å². The highest BCUT2D eigenvalue weighted by atomic mass is 127. The summed E-state index contributed by atoms with van der Waals surface area (Å²) < 4.78 is 12.5. The highest BCUT2D eigenvalue weighted by molar-refractivity contribution is 14.1. The van der Waals surface area contributed by atoms with Crippen molar-refractivity contribution in [2.75, 3.05) is 13.7 Å². The van der Waals surface area contributed by atoms with Gasteiger partial charge in [0.25, 0.3) is 5.91 Å². The summed E-state index contributed by atoms with van der Waals surface area (Å²) >= 11 is 5.54. The lowest BCUT2D eigenvalue weighted by atomic mass is 10.2. The lowest BCUT2D eigenvalue weighted by Crippen LogP contribution is -2.18. The maximum atomic E-state index is 12.2. The van der Waals surface area contributed by atoms with Crippen LogP contribution in [0.15, 0.2) is 46.0 Å². The number of benzene rings is 2. The fourth-order valence-electron chi connectivity index (χ4n) is 1.95. The first-order valence-electron chi connectivity index (χ1n) is 7.14. The molecule has 0 aliphatic rings. The molecular formula is C17H16BrIN2O3. The number of nitrogens with one attached hydrogen (secondary N) is 1. The lowest BCUT2D eigenvalue weighted by Gasteiger charge is -2.07. The normalized spacial score (nSPS) is 10.7. The van der Waals surface area contributed by atoms with Crippen LogP contribution >= 0.6 is 38.5 Å². The summed E-state index contributed by atoms with van der Waals surface area (Å²) in [6, 6.07) is 10.9. The van der Waals surface area contributed by atoms with Crippen molar-refractivity contribution in [1.82, 2.24) is 5.43 Å². The zero-order valence-electron chi connectivity index (χ0n) is 13.2. The molecule has 0 aliphatic carbocycles. The van der Waals surface area contributed by atoms with Crippen molar-refractivity contribution in [1.29, 1.82) is 0 Å². The van der Waals surface area contributed by atoms with Crippen molar-refractivity contribution >= 4 is 50.6 Å². The van der Waals surface area contributed by atoms with Gasteiger partial charge in [-0.2, -0.15) is 5.10 Å². The average molecular weight is 503 g/mol. The van der Waals surface area contributed by atoms with Gasteiger partial charge in [-0.15, -0.1) is 0 Å². The molecule has 0 unspecified atom stereocenters. The Labute approximate surface area is 162 Å². The molecule has 0 atom stereocenters. The Hall–Kier alpha value is -1.61. The fraction of sp³-hybridized carbons (Fsp3) is 0.176. The van der Waals surface area contributed by atoms with E-state index in [2.05, 4.69) is 49.0 Å². The first-order valence-corrected chi connectivity index (χ1v) is 9.01. The molecule has 0 radical (unpaired) electrons. The van der Waals surface area contributed by atoms with Crippen LogP contribution in [0.1, 0.15) is 22.8 Å². The molecule has 1 N–H and O–H groups in total. The highest BCUT2D eigenvalue weighted by Gasteiger charge is 2.12. The van der Waals surface area contributed by atoms with E-state index in [1.807, 2.05) is 25.1 Å². The first kappa shape index (κ1) is 18.7. The summed E-state index contributed by atoms with van der Waals surface area (Å²) in [6.45, 7) is 2.56. The number of carbonyl (C=O) groups excluding carboxylic acids is 1. The summed E-state index contributed by atoms with van der Waals surface area (Å²) in [5, 5.41) is 4.00. The van der Waals surface area contributed by atoms with Gasteiger partial charge in [0.1, 0.15) is 11.5 Å². The van der Waals surface area contributed by atoms with Gasteiger partial charge in [-0.05, 0) is 71.5 Å². The number of amides is 1. The molecule has 0 bridgehead atoms. The number of methoxy groups -OCH3 is 1. The molecule has 0 heterocycles. The summed E-state index contributed by atoms with van der Waals surface area (Å²) in [5.74, 6) is 0.977. The molecule has 5 nitrogen and oxygen atoms in total. The number of carbonyl (C=O) groups is 1. The number of nitrogens with zero attached hydrogens (tertiary/aromatic N) is 1. The lowest BCUT2D eigenvalue weighted by molar-refractivity contribution is 0.0952. The van der Waals surface area contributed by atoms with Crippen LogP contribution in [0, 0.1) is 3.57 Å². The average Bonchev–Trinajstić information content (AvgIpc) is 2.57. The molecule has 0 spiro atoms. The van der Waals surface area contributed by atoms with Gasteiger partial charge in [0.05, 0.1) is 29.1 Å². The van der Waals surface area contributed by atoms with Gasteiger partial charge in [-0.25, -0.2) is 5.43 Å². The molecule has 2 aromatic carbocycles. The van der Waals surface area contributed by atoms with Crippen LogP contribution in [0.2, 0.25) is 0 Å². The van der Waals surface area contributed by atoms with Crippen LogP contribution < -0.4 is 14.9 Å². The Bertz CT molecular complexity index is 765. The van der Waals surface area contributed by atoms with Gasteiger partial charge in [-0.3, -0.25) is 4.79 Å². The number of hydrogen-bond acceptors (Lipinski definition) is 4. The zero-order chi connectivity index (χ0) is 17.5. The number of ether oxygens (including phenoxy) is 2. The fourth-order valence-corrected chi connectivity index (χ4v) is 3.01. The molecule has 0 fully saturated rings. The van der Waals surface area contributed by atoms with Crippen LogP contribution in [-0.4, -0.2) is 25.8 Å². The second-order valence-electron chi connectivity index (χ2n) is 4.67. The van der Waals surface area contributed by atoms with Crippen LogP contribution in [0.4, 0.5) is 0 Å². The second kappa shape index (κ2) is 9.03. The Morgan fingerprint density at radius 3 is 2.71 bits per heavy atom. The smallest absolute Gasteiger partial charge is 0.275 e. The van der Waals surface area contributed by atoms with Crippen LogP contribution in [0.5, 0.6) is 11.5 Å². The van der Waals surface area contributed by atoms with Crippen molar-refractivity contribution in [3.63, 3.8) is 0 Å². The summed E-state index contributed by atoms with van der Waals surface area (Å²) in [6.07, 6.45) is 1.58. The van der Waals surface area contributed by atoms with E-state index in [0.717, 1.165) is 19.4 Å². The summed E-state index contributed by atoms with van der Waals surface area (Å²) in [7, 11) is 1.52. The van der Waals surface area contributed by atoms with E-state index >= 15 is 0 Å². The van der Waals surface area contributed by atoms with Crippen molar-refractivity contribution < 1.29 is 14.3 Å². The van der Waals surface area contributed by atoms with E-state index in [1.165, 1.54) is 7.11 Å². The van der Waals surface area contributed by atoms with E-state index in [-0.39, 0.29) is 5.91 Å². The minimum atomic E-state index is -0.343. The minimum absolute atomic E-state index is 0.343. The van der Waals surface area contributed by atoms with Crippen LogP contribution in [0.3, 0.4) is 0 Å². The second-order valence-corrected chi connectivity index (χ2v) is 6.74. The third-order valence-electron chi connectivity index (χ3n) is 3.04. The Kier molecular flexibility index (Phi) is 7.04. The van der Waals surface area contributed by atoms with Gasteiger partial charge in [0.2, 0.25) is 0 Å². The van der Waals surface area contributed by atoms with Gasteiger partial charge in [-0.1, -0.05) is 15.9 Å². The largest absolute Gasteiger partial charge is 0.496 e. The third-order valence-corrected chi connectivity index (χ3v) is 4.38. The number of hydrogen-bond donors (Lipinski definition) is 1. The number of hydrazone groups is 1. The molecule has 1 amide bonds. The predicted octanol–water partition coefficient (Wildman–Crippen LogP) is 4.22. The SMILES string of the molecule is CCOc1ccc(/C=N\NC(=O)c2cc(Br)ccc2OC)cc1I. The molecule has 24 heavy (non-hydrogen) atoms. The van der Waals surface area contributed by atoms with Crippen molar-refractivity contribution in [3.05, 3.63) is 55.6 Å². The minimum Gasteiger partial charge on any atom is -0.496 e. The maximum Gasteiger partial charge on any atom is 0.275 e. The molecule has 0 saturated carbocycles. The molecule has 7 heteroatoms. The molecular weight excluding hydrogens is 487 g/mol. The summed E-state index contributed by atoms with van der Waals surface area (Å²) in [5.41, 5.74) is 3.78. The Balaban J connectivity index is 2.07. The first-order chi connectivity index (χ1) is 11.5. The van der Waals surface area contributed by atoms with E-state index in [1.54, 1.807) is 24.4 Å². The zero-order valence-corrected chi connectivity index (χ0v) is 16.9. The molecule has 126 valence electrons. The van der Waals surface area contributed by atoms with Gasteiger partial charge in [0, 0.05) is 4.47 Å². The summed E-state index contributed by atoms with van der Waals surface area (Å²) in [4.78, 5) is 12.2.